The maximum absolute atomic E-state index is 9.09. The van der Waals surface area contributed by atoms with Gasteiger partial charge in [-0.3, -0.25) is 0 Å². The predicted octanol–water partition coefficient (Wildman–Crippen LogP) is 3.67. The molecule has 0 aromatic heterocycles. The molecule has 1 aromatic carbocycles. The summed E-state index contributed by atoms with van der Waals surface area (Å²) in [4.78, 5) is 0. The van der Waals surface area contributed by atoms with Crippen LogP contribution < -0.4 is 0 Å². The van der Waals surface area contributed by atoms with Crippen LogP contribution in [-0.2, 0) is 6.42 Å². The Morgan fingerprint density at radius 1 is 1.25 bits per heavy atom. The Labute approximate surface area is 98.8 Å². The molecule has 0 amide bonds. The number of benzene rings is 1. The third-order valence-electron chi connectivity index (χ3n) is 2.65. The fourth-order valence-corrected chi connectivity index (χ4v) is 1.72. The minimum absolute atomic E-state index is 0.157. The van der Waals surface area contributed by atoms with Crippen LogP contribution in [0.5, 0.6) is 0 Å². The zero-order valence-electron chi connectivity index (χ0n) is 10.5. The molecule has 0 fully saturated rings. The van der Waals surface area contributed by atoms with E-state index in [1.54, 1.807) is 0 Å². The van der Waals surface area contributed by atoms with E-state index < -0.39 is 0 Å². The van der Waals surface area contributed by atoms with E-state index in [2.05, 4.69) is 51.1 Å². The van der Waals surface area contributed by atoms with Gasteiger partial charge < -0.3 is 5.11 Å². The highest BCUT2D eigenvalue weighted by molar-refractivity contribution is 5.53. The van der Waals surface area contributed by atoms with Crippen molar-refractivity contribution in [2.45, 2.75) is 33.6 Å². The van der Waals surface area contributed by atoms with Gasteiger partial charge >= 0.3 is 0 Å². The van der Waals surface area contributed by atoms with Gasteiger partial charge in [0, 0.05) is 0 Å². The van der Waals surface area contributed by atoms with Crippen LogP contribution in [0.1, 0.15) is 38.3 Å². The molecule has 0 unspecified atom stereocenters. The zero-order valence-corrected chi connectivity index (χ0v) is 10.5. The van der Waals surface area contributed by atoms with Gasteiger partial charge in [-0.25, -0.2) is 0 Å². The van der Waals surface area contributed by atoms with Gasteiger partial charge in [-0.05, 0) is 35.5 Å². The lowest BCUT2D eigenvalue weighted by atomic mass is 10.0. The number of aliphatic hydroxyl groups is 1. The molecule has 1 heteroatoms. The Morgan fingerprint density at radius 3 is 2.31 bits per heavy atom. The standard InChI is InChI=1S/C15H22O/c1-4-13(11-16)10-15-7-5-14(6-8-15)9-12(2)3/h5-8,10,12,16H,4,9,11H2,1-3H3. The lowest BCUT2D eigenvalue weighted by Crippen LogP contribution is -1.93. The molecular weight excluding hydrogens is 196 g/mol. The maximum atomic E-state index is 9.09. The molecule has 0 aliphatic rings. The molecule has 0 bridgehead atoms. The van der Waals surface area contributed by atoms with Crippen molar-refractivity contribution in [1.29, 1.82) is 0 Å². The topological polar surface area (TPSA) is 20.2 Å². The molecule has 0 aliphatic carbocycles. The fourth-order valence-electron chi connectivity index (χ4n) is 1.72. The van der Waals surface area contributed by atoms with Crippen LogP contribution in [0.15, 0.2) is 29.8 Å². The second kappa shape index (κ2) is 6.49. The van der Waals surface area contributed by atoms with E-state index in [1.807, 2.05) is 0 Å². The van der Waals surface area contributed by atoms with Crippen LogP contribution in [0.3, 0.4) is 0 Å². The van der Waals surface area contributed by atoms with Gasteiger partial charge in [0.2, 0.25) is 0 Å². The predicted molar refractivity (Wildman–Crippen MR) is 70.3 cm³/mol. The van der Waals surface area contributed by atoms with Crippen molar-refractivity contribution in [1.82, 2.24) is 0 Å². The minimum atomic E-state index is 0.157. The first-order valence-electron chi connectivity index (χ1n) is 6.05. The Bertz CT molecular complexity index is 327. The van der Waals surface area contributed by atoms with Gasteiger partial charge in [-0.1, -0.05) is 51.1 Å². The lowest BCUT2D eigenvalue weighted by molar-refractivity contribution is 0.329. The van der Waals surface area contributed by atoms with E-state index in [1.165, 1.54) is 11.1 Å². The van der Waals surface area contributed by atoms with Crippen LogP contribution >= 0.6 is 0 Å². The lowest BCUT2D eigenvalue weighted by Gasteiger charge is -2.05. The Balaban J connectivity index is 2.74. The average Bonchev–Trinajstić information content (AvgIpc) is 2.27. The minimum Gasteiger partial charge on any atom is -0.392 e. The van der Waals surface area contributed by atoms with Crippen molar-refractivity contribution in [3.8, 4) is 0 Å². The number of hydrogen-bond donors (Lipinski definition) is 1. The van der Waals surface area contributed by atoms with Crippen LogP contribution in [0.2, 0.25) is 0 Å². The summed E-state index contributed by atoms with van der Waals surface area (Å²) < 4.78 is 0. The second-order valence-corrected chi connectivity index (χ2v) is 4.65. The van der Waals surface area contributed by atoms with Crippen LogP contribution in [0.25, 0.3) is 6.08 Å². The van der Waals surface area contributed by atoms with Gasteiger partial charge in [0.1, 0.15) is 0 Å². The molecule has 0 aliphatic heterocycles. The first-order valence-corrected chi connectivity index (χ1v) is 6.05. The summed E-state index contributed by atoms with van der Waals surface area (Å²) in [5, 5.41) is 9.09. The van der Waals surface area contributed by atoms with Gasteiger partial charge in [0.15, 0.2) is 0 Å². The van der Waals surface area contributed by atoms with E-state index in [0.29, 0.717) is 5.92 Å². The molecule has 0 atom stereocenters. The summed E-state index contributed by atoms with van der Waals surface area (Å²) in [6.45, 7) is 6.68. The van der Waals surface area contributed by atoms with Crippen LogP contribution in [-0.4, -0.2) is 11.7 Å². The van der Waals surface area contributed by atoms with Gasteiger partial charge in [-0.15, -0.1) is 0 Å². The van der Waals surface area contributed by atoms with Crippen molar-refractivity contribution in [2.24, 2.45) is 5.92 Å². The SMILES string of the molecule is CCC(=Cc1ccc(CC(C)C)cc1)CO. The van der Waals surface area contributed by atoms with Crippen molar-refractivity contribution >= 4 is 6.08 Å². The van der Waals surface area contributed by atoms with Crippen molar-refractivity contribution < 1.29 is 5.11 Å². The third kappa shape index (κ3) is 4.19. The Morgan fingerprint density at radius 2 is 1.88 bits per heavy atom. The quantitative estimate of drug-likeness (QED) is 0.799. The van der Waals surface area contributed by atoms with E-state index in [4.69, 9.17) is 5.11 Å². The van der Waals surface area contributed by atoms with E-state index >= 15 is 0 Å². The van der Waals surface area contributed by atoms with Gasteiger partial charge in [0.25, 0.3) is 0 Å². The normalized spacial score (nSPS) is 12.2. The van der Waals surface area contributed by atoms with E-state index in [-0.39, 0.29) is 6.61 Å². The monoisotopic (exact) mass is 218 g/mol. The van der Waals surface area contributed by atoms with Crippen LogP contribution in [0.4, 0.5) is 0 Å². The molecular formula is C15H22O. The summed E-state index contributed by atoms with van der Waals surface area (Å²) in [6, 6.07) is 8.61. The summed E-state index contributed by atoms with van der Waals surface area (Å²) in [6.07, 6.45) is 4.11. The van der Waals surface area contributed by atoms with Gasteiger partial charge in [0.05, 0.1) is 6.61 Å². The Hall–Kier alpha value is -1.08. The van der Waals surface area contributed by atoms with Crippen molar-refractivity contribution in [3.05, 3.63) is 41.0 Å². The first-order chi connectivity index (χ1) is 7.65. The highest BCUT2D eigenvalue weighted by Gasteiger charge is 1.98. The summed E-state index contributed by atoms with van der Waals surface area (Å²) in [5.41, 5.74) is 3.64. The molecule has 1 rings (SSSR count). The van der Waals surface area contributed by atoms with E-state index in [9.17, 15) is 0 Å². The van der Waals surface area contributed by atoms with Crippen LogP contribution in [0, 0.1) is 5.92 Å². The molecule has 16 heavy (non-hydrogen) atoms. The maximum Gasteiger partial charge on any atom is 0.0644 e. The second-order valence-electron chi connectivity index (χ2n) is 4.65. The number of rotatable bonds is 5. The molecule has 0 radical (unpaired) electrons. The van der Waals surface area contributed by atoms with Crippen molar-refractivity contribution in [2.75, 3.05) is 6.61 Å². The third-order valence-corrected chi connectivity index (χ3v) is 2.65. The first kappa shape index (κ1) is 13.0. The summed E-state index contributed by atoms with van der Waals surface area (Å²) in [5.74, 6) is 0.699. The molecule has 0 spiro atoms. The van der Waals surface area contributed by atoms with E-state index in [0.717, 1.165) is 18.4 Å². The molecule has 0 saturated heterocycles. The molecule has 1 nitrogen and oxygen atoms in total. The highest BCUT2D eigenvalue weighted by Crippen LogP contribution is 2.13. The molecule has 88 valence electrons. The smallest absolute Gasteiger partial charge is 0.0644 e. The fraction of sp³-hybridized carbons (Fsp3) is 0.467. The number of hydrogen-bond acceptors (Lipinski definition) is 1. The number of aliphatic hydroxyl groups excluding tert-OH is 1. The van der Waals surface area contributed by atoms with Crippen molar-refractivity contribution in [3.63, 3.8) is 0 Å². The zero-order chi connectivity index (χ0) is 12.0. The van der Waals surface area contributed by atoms with Gasteiger partial charge in [-0.2, -0.15) is 0 Å². The molecule has 0 saturated carbocycles. The molecule has 0 heterocycles. The largest absolute Gasteiger partial charge is 0.392 e. The molecule has 1 aromatic rings. The summed E-state index contributed by atoms with van der Waals surface area (Å²) in [7, 11) is 0. The summed E-state index contributed by atoms with van der Waals surface area (Å²) >= 11 is 0. The average molecular weight is 218 g/mol. The molecule has 1 N–H and O–H groups in total. The highest BCUT2D eigenvalue weighted by atomic mass is 16.3. The Kier molecular flexibility index (Phi) is 5.27.